The summed E-state index contributed by atoms with van der Waals surface area (Å²) in [6.45, 7) is 7.43. The molecule has 154 valence electrons. The third kappa shape index (κ3) is 3.55. The zero-order valence-electron chi connectivity index (χ0n) is 16.7. The van der Waals surface area contributed by atoms with E-state index in [4.69, 9.17) is 16.0 Å². The van der Waals surface area contributed by atoms with Crippen LogP contribution in [0.4, 0.5) is 5.69 Å². The van der Waals surface area contributed by atoms with Crippen LogP contribution in [0.3, 0.4) is 0 Å². The minimum Gasteiger partial charge on any atom is -0.422 e. The molecule has 8 heteroatoms. The highest BCUT2D eigenvalue weighted by molar-refractivity contribution is 6.30. The molecule has 4 aromatic rings. The van der Waals surface area contributed by atoms with Crippen LogP contribution in [-0.4, -0.2) is 52.0 Å². The van der Waals surface area contributed by atoms with Gasteiger partial charge in [-0.2, -0.15) is 0 Å². The van der Waals surface area contributed by atoms with Gasteiger partial charge in [0.1, 0.15) is 5.58 Å². The minimum atomic E-state index is -0.415. The van der Waals surface area contributed by atoms with Crippen LogP contribution >= 0.6 is 11.6 Å². The topological polar surface area (TPSA) is 66.9 Å². The summed E-state index contributed by atoms with van der Waals surface area (Å²) in [6.07, 6.45) is 6.14. The number of rotatable bonds is 4. The molecule has 0 radical (unpaired) electrons. The molecule has 0 atom stereocenters. The summed E-state index contributed by atoms with van der Waals surface area (Å²) in [5, 5.41) is 1.36. The Balaban J connectivity index is 1.46. The second kappa shape index (κ2) is 7.74. The maximum Gasteiger partial charge on any atom is 0.345 e. The van der Waals surface area contributed by atoms with E-state index in [1.807, 2.05) is 18.2 Å². The summed E-state index contributed by atoms with van der Waals surface area (Å²) in [7, 11) is 0. The van der Waals surface area contributed by atoms with Gasteiger partial charge in [0.05, 0.1) is 22.5 Å². The van der Waals surface area contributed by atoms with Crippen LogP contribution in [-0.2, 0) is 0 Å². The summed E-state index contributed by atoms with van der Waals surface area (Å²) in [4.78, 5) is 26.1. The molecule has 0 amide bonds. The molecular formula is C22H22ClN5O2. The standard InChI is InChI=1S/C22H22ClN5O2/c1-2-5-26-6-8-27(9-7-26)17-4-3-15-10-18(21(29)30-20(15)11-17)19-14-28-13-16(23)12-24-22(28)25-19/h3-4,10-14H,2,5-9H2,1H3. The molecule has 0 bridgehead atoms. The highest BCUT2D eigenvalue weighted by Crippen LogP contribution is 2.26. The number of imidazole rings is 1. The van der Waals surface area contributed by atoms with Crippen molar-refractivity contribution in [1.29, 1.82) is 0 Å². The van der Waals surface area contributed by atoms with E-state index in [9.17, 15) is 4.79 Å². The van der Waals surface area contributed by atoms with E-state index in [2.05, 4.69) is 32.8 Å². The van der Waals surface area contributed by atoms with Crippen molar-refractivity contribution in [2.24, 2.45) is 0 Å². The Morgan fingerprint density at radius 3 is 2.77 bits per heavy atom. The van der Waals surface area contributed by atoms with Crippen molar-refractivity contribution in [3.63, 3.8) is 0 Å². The van der Waals surface area contributed by atoms with Gasteiger partial charge < -0.3 is 9.32 Å². The number of piperazine rings is 1. The van der Waals surface area contributed by atoms with Crippen molar-refractivity contribution in [2.45, 2.75) is 13.3 Å². The second-order valence-electron chi connectivity index (χ2n) is 7.60. The molecule has 1 saturated heterocycles. The van der Waals surface area contributed by atoms with Crippen molar-refractivity contribution >= 4 is 34.0 Å². The molecule has 0 N–H and O–H groups in total. The Hall–Kier alpha value is -2.90. The molecule has 1 aromatic carbocycles. The molecule has 7 nitrogen and oxygen atoms in total. The molecule has 3 aromatic heterocycles. The van der Waals surface area contributed by atoms with Gasteiger partial charge in [0.15, 0.2) is 0 Å². The van der Waals surface area contributed by atoms with Crippen LogP contribution in [0.5, 0.6) is 0 Å². The third-order valence-electron chi connectivity index (χ3n) is 5.55. The molecule has 30 heavy (non-hydrogen) atoms. The maximum absolute atomic E-state index is 12.7. The normalized spacial score (nSPS) is 15.3. The predicted molar refractivity (Wildman–Crippen MR) is 118 cm³/mol. The number of halogens is 1. The van der Waals surface area contributed by atoms with Crippen LogP contribution in [0.15, 0.2) is 52.1 Å². The smallest absolute Gasteiger partial charge is 0.345 e. The Kier molecular flexibility index (Phi) is 4.92. The van der Waals surface area contributed by atoms with Gasteiger partial charge in [0.25, 0.3) is 0 Å². The molecule has 5 rings (SSSR count). The van der Waals surface area contributed by atoms with Crippen LogP contribution in [0.25, 0.3) is 28.0 Å². The van der Waals surface area contributed by atoms with Gasteiger partial charge in [-0.1, -0.05) is 18.5 Å². The number of nitrogens with zero attached hydrogens (tertiary/aromatic N) is 5. The maximum atomic E-state index is 12.7. The fraction of sp³-hybridized carbons (Fsp3) is 0.318. The van der Waals surface area contributed by atoms with Crippen molar-refractivity contribution in [1.82, 2.24) is 19.3 Å². The molecule has 0 saturated carbocycles. The van der Waals surface area contributed by atoms with Gasteiger partial charge >= 0.3 is 5.63 Å². The van der Waals surface area contributed by atoms with E-state index in [-0.39, 0.29) is 0 Å². The summed E-state index contributed by atoms with van der Waals surface area (Å²) in [5.74, 6) is 0.478. The van der Waals surface area contributed by atoms with E-state index < -0.39 is 5.63 Å². The lowest BCUT2D eigenvalue weighted by Gasteiger charge is -2.36. The van der Waals surface area contributed by atoms with E-state index in [0.29, 0.717) is 27.6 Å². The van der Waals surface area contributed by atoms with Crippen molar-refractivity contribution < 1.29 is 4.42 Å². The second-order valence-corrected chi connectivity index (χ2v) is 8.04. The summed E-state index contributed by atoms with van der Waals surface area (Å²) in [5.41, 5.74) is 2.17. The number of hydrogen-bond donors (Lipinski definition) is 0. The number of aromatic nitrogens is 3. The Bertz CT molecular complexity index is 1270. The lowest BCUT2D eigenvalue weighted by molar-refractivity contribution is 0.258. The monoisotopic (exact) mass is 423 g/mol. The number of hydrogen-bond acceptors (Lipinski definition) is 6. The molecule has 1 fully saturated rings. The Morgan fingerprint density at radius 2 is 1.97 bits per heavy atom. The quantitative estimate of drug-likeness (QED) is 0.466. The van der Waals surface area contributed by atoms with Crippen molar-refractivity contribution in [3.8, 4) is 11.3 Å². The van der Waals surface area contributed by atoms with Crippen LogP contribution in [0, 0.1) is 0 Å². The number of anilines is 1. The minimum absolute atomic E-state index is 0.407. The number of fused-ring (bicyclic) bond motifs is 2. The lowest BCUT2D eigenvalue weighted by atomic mass is 10.1. The molecule has 0 spiro atoms. The zero-order valence-corrected chi connectivity index (χ0v) is 17.5. The Labute approximate surface area is 178 Å². The van der Waals surface area contributed by atoms with Crippen LogP contribution < -0.4 is 10.5 Å². The predicted octanol–water partition coefficient (Wildman–Crippen LogP) is 3.69. The summed E-state index contributed by atoms with van der Waals surface area (Å²) >= 11 is 5.99. The average Bonchev–Trinajstić information content (AvgIpc) is 3.16. The van der Waals surface area contributed by atoms with E-state index >= 15 is 0 Å². The number of benzene rings is 1. The Morgan fingerprint density at radius 1 is 1.13 bits per heavy atom. The lowest BCUT2D eigenvalue weighted by Crippen LogP contribution is -2.46. The highest BCUT2D eigenvalue weighted by Gasteiger charge is 2.18. The molecule has 4 heterocycles. The van der Waals surface area contributed by atoms with Crippen LogP contribution in [0.1, 0.15) is 13.3 Å². The molecule has 0 aliphatic carbocycles. The van der Waals surface area contributed by atoms with Crippen LogP contribution in [0.2, 0.25) is 5.02 Å². The van der Waals surface area contributed by atoms with Gasteiger partial charge in [0, 0.05) is 55.7 Å². The molecular weight excluding hydrogens is 402 g/mol. The van der Waals surface area contributed by atoms with E-state index in [1.54, 1.807) is 16.8 Å². The fourth-order valence-electron chi connectivity index (χ4n) is 4.01. The first-order valence-electron chi connectivity index (χ1n) is 10.2. The first-order chi connectivity index (χ1) is 14.6. The molecule has 0 unspecified atom stereocenters. The van der Waals surface area contributed by atoms with E-state index in [1.165, 1.54) is 12.6 Å². The summed E-state index contributed by atoms with van der Waals surface area (Å²) < 4.78 is 7.37. The molecule has 1 aliphatic heterocycles. The first kappa shape index (κ1) is 19.1. The van der Waals surface area contributed by atoms with Crippen molar-refractivity contribution in [3.05, 3.63) is 58.3 Å². The van der Waals surface area contributed by atoms with Gasteiger partial charge in [-0.15, -0.1) is 0 Å². The van der Waals surface area contributed by atoms with Gasteiger partial charge in [-0.25, -0.2) is 14.8 Å². The van der Waals surface area contributed by atoms with Gasteiger partial charge in [-0.3, -0.25) is 9.30 Å². The SMILES string of the molecule is CCCN1CCN(c2ccc3cc(-c4cn5cc(Cl)cnc5n4)c(=O)oc3c2)CC1. The van der Waals surface area contributed by atoms with Crippen molar-refractivity contribution in [2.75, 3.05) is 37.6 Å². The zero-order chi connectivity index (χ0) is 20.7. The average molecular weight is 424 g/mol. The largest absolute Gasteiger partial charge is 0.422 e. The van der Waals surface area contributed by atoms with Gasteiger partial charge in [0.2, 0.25) is 5.78 Å². The van der Waals surface area contributed by atoms with Gasteiger partial charge in [-0.05, 0) is 31.2 Å². The summed E-state index contributed by atoms with van der Waals surface area (Å²) in [6, 6.07) is 7.88. The third-order valence-corrected chi connectivity index (χ3v) is 5.75. The van der Waals surface area contributed by atoms with E-state index in [0.717, 1.165) is 43.8 Å². The highest BCUT2D eigenvalue weighted by atomic mass is 35.5. The first-order valence-corrected chi connectivity index (χ1v) is 10.5. The fourth-order valence-corrected chi connectivity index (χ4v) is 4.16. The molecule has 1 aliphatic rings.